The first-order valence-corrected chi connectivity index (χ1v) is 7.71. The highest BCUT2D eigenvalue weighted by molar-refractivity contribution is 6.35. The Morgan fingerprint density at radius 1 is 1.20 bits per heavy atom. The fraction of sp³-hybridized carbons (Fsp3) is 0.357. The lowest BCUT2D eigenvalue weighted by molar-refractivity contribution is 0.294. The number of phenols is 1. The number of fused-ring (bicyclic) bond motifs is 1. The van der Waals surface area contributed by atoms with E-state index < -0.39 is 0 Å². The third kappa shape index (κ3) is 3.47. The first-order chi connectivity index (χ1) is 9.67. The van der Waals surface area contributed by atoms with Gasteiger partial charge in [0.15, 0.2) is 0 Å². The molecule has 0 fully saturated rings. The minimum absolute atomic E-state index is 0.166. The Bertz CT molecular complexity index is 586. The van der Waals surface area contributed by atoms with E-state index >= 15 is 0 Å². The van der Waals surface area contributed by atoms with Crippen LogP contribution in [0, 0.1) is 0 Å². The summed E-state index contributed by atoms with van der Waals surface area (Å²) in [5.74, 6) is 1.19. The van der Waals surface area contributed by atoms with Gasteiger partial charge in [-0.2, -0.15) is 0 Å². The number of pyridine rings is 1. The molecule has 0 amide bonds. The van der Waals surface area contributed by atoms with E-state index in [2.05, 4.69) is 9.88 Å². The van der Waals surface area contributed by atoms with E-state index in [-0.39, 0.29) is 5.75 Å². The number of benzene rings is 1. The van der Waals surface area contributed by atoms with Crippen molar-refractivity contribution in [2.24, 2.45) is 0 Å². The summed E-state index contributed by atoms with van der Waals surface area (Å²) in [5.41, 5.74) is 1.25. The zero-order valence-corrected chi connectivity index (χ0v) is 13.1. The van der Waals surface area contributed by atoms with Crippen molar-refractivity contribution in [3.63, 3.8) is 0 Å². The molecule has 0 saturated heterocycles. The Hall–Kier alpha value is -0.740. The van der Waals surface area contributed by atoms with Crippen LogP contribution in [-0.2, 0) is 6.54 Å². The number of phenolic OH excluding ortho intramolecular Hbond substituents is 1. The van der Waals surface area contributed by atoms with Crippen LogP contribution in [0.1, 0.15) is 5.56 Å². The van der Waals surface area contributed by atoms with Crippen molar-refractivity contribution < 1.29 is 5.11 Å². The largest absolute Gasteiger partial charge is 0.505 e. The van der Waals surface area contributed by atoms with Gasteiger partial charge in [0.1, 0.15) is 11.3 Å². The summed E-state index contributed by atoms with van der Waals surface area (Å²) < 4.78 is 0. The molecule has 0 radical (unpaired) electrons. The zero-order chi connectivity index (χ0) is 14.5. The third-order valence-electron chi connectivity index (χ3n) is 3.09. The molecule has 108 valence electrons. The normalized spacial score (nSPS) is 11.4. The summed E-state index contributed by atoms with van der Waals surface area (Å²) >= 11 is 17.8. The Balaban J connectivity index is 2.36. The third-order valence-corrected chi connectivity index (χ3v) is 3.74. The molecule has 3 nitrogen and oxygen atoms in total. The standard InChI is InChI=1S/C14H15Cl3N2O/c15-3-6-19(7-4-16)9-10-8-12(17)11-2-1-5-18-13(11)14(10)20/h1-2,5,8,20H,3-4,6-7,9H2. The highest BCUT2D eigenvalue weighted by atomic mass is 35.5. The number of aromatic hydroxyl groups is 1. The highest BCUT2D eigenvalue weighted by Gasteiger charge is 2.14. The molecule has 1 aromatic carbocycles. The van der Waals surface area contributed by atoms with Gasteiger partial charge < -0.3 is 5.11 Å². The van der Waals surface area contributed by atoms with E-state index in [1.54, 1.807) is 18.3 Å². The molecule has 0 bridgehead atoms. The van der Waals surface area contributed by atoms with Crippen molar-refractivity contribution in [2.45, 2.75) is 6.54 Å². The van der Waals surface area contributed by atoms with E-state index in [1.807, 2.05) is 6.07 Å². The Kier molecular flexibility index (Phi) is 5.73. The molecule has 2 rings (SSSR count). The molecule has 0 atom stereocenters. The molecule has 0 unspecified atom stereocenters. The van der Waals surface area contributed by atoms with Crippen LogP contribution in [0.5, 0.6) is 5.75 Å². The lowest BCUT2D eigenvalue weighted by atomic mass is 10.1. The van der Waals surface area contributed by atoms with Crippen molar-refractivity contribution in [1.29, 1.82) is 0 Å². The predicted molar refractivity (Wildman–Crippen MR) is 85.1 cm³/mol. The fourth-order valence-corrected chi connectivity index (χ4v) is 2.87. The van der Waals surface area contributed by atoms with E-state index in [0.29, 0.717) is 41.9 Å². The minimum Gasteiger partial charge on any atom is -0.505 e. The first-order valence-electron chi connectivity index (χ1n) is 6.26. The fourth-order valence-electron chi connectivity index (χ4n) is 2.11. The SMILES string of the molecule is Oc1c(CN(CCCl)CCCl)cc(Cl)c2cccnc12. The number of hydrogen-bond acceptors (Lipinski definition) is 3. The monoisotopic (exact) mass is 332 g/mol. The Morgan fingerprint density at radius 2 is 1.90 bits per heavy atom. The Labute approximate surface area is 133 Å². The summed E-state index contributed by atoms with van der Waals surface area (Å²) in [5, 5.41) is 11.7. The van der Waals surface area contributed by atoms with Crippen LogP contribution in [0.3, 0.4) is 0 Å². The second-order valence-corrected chi connectivity index (χ2v) is 5.58. The van der Waals surface area contributed by atoms with Crippen LogP contribution in [-0.4, -0.2) is 39.8 Å². The van der Waals surface area contributed by atoms with E-state index in [0.717, 1.165) is 10.9 Å². The molecule has 20 heavy (non-hydrogen) atoms. The molecule has 1 heterocycles. The second-order valence-electron chi connectivity index (χ2n) is 4.42. The Morgan fingerprint density at radius 3 is 2.55 bits per heavy atom. The van der Waals surface area contributed by atoms with Crippen molar-refractivity contribution in [3.05, 3.63) is 35.0 Å². The number of aromatic nitrogens is 1. The van der Waals surface area contributed by atoms with Crippen molar-refractivity contribution in [3.8, 4) is 5.75 Å². The number of halogens is 3. The van der Waals surface area contributed by atoms with Crippen LogP contribution >= 0.6 is 34.8 Å². The smallest absolute Gasteiger partial charge is 0.146 e. The van der Waals surface area contributed by atoms with Gasteiger partial charge in [-0.3, -0.25) is 9.88 Å². The number of rotatable bonds is 6. The van der Waals surface area contributed by atoms with Gasteiger partial charge in [0.25, 0.3) is 0 Å². The van der Waals surface area contributed by atoms with Gasteiger partial charge in [0.05, 0.1) is 5.02 Å². The van der Waals surface area contributed by atoms with Gasteiger partial charge >= 0.3 is 0 Å². The van der Waals surface area contributed by atoms with Gasteiger partial charge in [-0.05, 0) is 18.2 Å². The molecule has 1 N–H and O–H groups in total. The first kappa shape index (κ1) is 15.6. The van der Waals surface area contributed by atoms with Crippen molar-refractivity contribution in [2.75, 3.05) is 24.8 Å². The quantitative estimate of drug-likeness (QED) is 0.815. The number of alkyl halides is 2. The molecule has 0 aliphatic carbocycles. The van der Waals surface area contributed by atoms with Crippen LogP contribution in [0.25, 0.3) is 10.9 Å². The van der Waals surface area contributed by atoms with Crippen molar-refractivity contribution in [1.82, 2.24) is 9.88 Å². The number of hydrogen-bond donors (Lipinski definition) is 1. The molecule has 0 spiro atoms. The average Bonchev–Trinajstić information content (AvgIpc) is 2.45. The van der Waals surface area contributed by atoms with Gasteiger partial charge in [-0.15, -0.1) is 23.2 Å². The zero-order valence-electron chi connectivity index (χ0n) is 10.8. The highest BCUT2D eigenvalue weighted by Crippen LogP contribution is 2.33. The lowest BCUT2D eigenvalue weighted by Gasteiger charge is -2.21. The number of nitrogens with zero attached hydrogens (tertiary/aromatic N) is 2. The molecular formula is C14H15Cl3N2O. The van der Waals surface area contributed by atoms with Gasteiger partial charge in [-0.25, -0.2) is 0 Å². The maximum atomic E-state index is 10.3. The van der Waals surface area contributed by atoms with Crippen LogP contribution in [0.2, 0.25) is 5.02 Å². The summed E-state index contributed by atoms with van der Waals surface area (Å²) in [6, 6.07) is 5.40. The lowest BCUT2D eigenvalue weighted by Crippen LogP contribution is -2.27. The molecule has 1 aromatic heterocycles. The summed E-state index contributed by atoms with van der Waals surface area (Å²) in [6.07, 6.45) is 1.64. The van der Waals surface area contributed by atoms with Crippen molar-refractivity contribution >= 4 is 45.7 Å². The predicted octanol–water partition coefficient (Wildman–Crippen LogP) is 3.87. The maximum absolute atomic E-state index is 10.3. The molecular weight excluding hydrogens is 319 g/mol. The molecule has 0 saturated carbocycles. The van der Waals surface area contributed by atoms with Crippen LogP contribution in [0.4, 0.5) is 0 Å². The van der Waals surface area contributed by atoms with Crippen LogP contribution in [0.15, 0.2) is 24.4 Å². The van der Waals surface area contributed by atoms with Gasteiger partial charge in [0, 0.05) is 48.5 Å². The molecule has 0 aliphatic rings. The van der Waals surface area contributed by atoms with E-state index in [9.17, 15) is 5.11 Å². The van der Waals surface area contributed by atoms with Crippen LogP contribution < -0.4 is 0 Å². The summed E-state index contributed by atoms with van der Waals surface area (Å²) in [4.78, 5) is 6.27. The van der Waals surface area contributed by atoms with E-state index in [1.165, 1.54) is 0 Å². The molecule has 6 heteroatoms. The van der Waals surface area contributed by atoms with Gasteiger partial charge in [-0.1, -0.05) is 11.6 Å². The maximum Gasteiger partial charge on any atom is 0.146 e. The van der Waals surface area contributed by atoms with Gasteiger partial charge in [0.2, 0.25) is 0 Å². The molecule has 2 aromatic rings. The molecule has 0 aliphatic heterocycles. The summed E-state index contributed by atoms with van der Waals surface area (Å²) in [7, 11) is 0. The average molecular weight is 334 g/mol. The minimum atomic E-state index is 0.166. The second kappa shape index (κ2) is 7.32. The van der Waals surface area contributed by atoms with E-state index in [4.69, 9.17) is 34.8 Å². The topological polar surface area (TPSA) is 36.4 Å². The summed E-state index contributed by atoms with van der Waals surface area (Å²) in [6.45, 7) is 1.94.